The molecule has 9 heteroatoms. The minimum absolute atomic E-state index is 0.102. The fourth-order valence-corrected chi connectivity index (χ4v) is 5.26. The zero-order chi connectivity index (χ0) is 25.9. The smallest absolute Gasteiger partial charge is 0.364 e. The van der Waals surface area contributed by atoms with E-state index >= 15 is 0 Å². The standard InChI is InChI=1S/C28H29F3N6/c1-17(2)25-22(5-4-12-32-25)26-23-15-35(13-14-36(23)18(3)33-26)20-8-6-19(7-9-20)27-34-24(28(29,30)31)16-37(27)21-10-11-21/h4-9,12,16-17,21H,10-11,13-15H2,1-3H3. The van der Waals surface area contributed by atoms with Crippen LogP contribution in [0.4, 0.5) is 18.9 Å². The van der Waals surface area contributed by atoms with Crippen LogP contribution >= 0.6 is 0 Å². The summed E-state index contributed by atoms with van der Waals surface area (Å²) in [6.07, 6.45) is 0.300. The summed E-state index contributed by atoms with van der Waals surface area (Å²) in [5, 5.41) is 0. The second-order valence-corrected chi connectivity index (χ2v) is 10.3. The minimum atomic E-state index is -4.45. The molecule has 1 saturated carbocycles. The lowest BCUT2D eigenvalue weighted by molar-refractivity contribution is -0.140. The van der Waals surface area contributed by atoms with Crippen LogP contribution in [0.15, 0.2) is 48.8 Å². The molecule has 6 nitrogen and oxygen atoms in total. The molecule has 0 spiro atoms. The van der Waals surface area contributed by atoms with E-state index in [9.17, 15) is 13.2 Å². The minimum Gasteiger partial charge on any atom is -0.364 e. The third kappa shape index (κ3) is 4.30. The van der Waals surface area contributed by atoms with Gasteiger partial charge in [-0.05, 0) is 62.1 Å². The fraction of sp³-hybridized carbons (Fsp3) is 0.393. The van der Waals surface area contributed by atoms with Gasteiger partial charge in [-0.25, -0.2) is 9.97 Å². The van der Waals surface area contributed by atoms with E-state index in [0.717, 1.165) is 66.3 Å². The van der Waals surface area contributed by atoms with Gasteiger partial charge in [-0.15, -0.1) is 0 Å². The van der Waals surface area contributed by atoms with Crippen LogP contribution < -0.4 is 4.90 Å². The van der Waals surface area contributed by atoms with Crippen molar-refractivity contribution < 1.29 is 13.2 Å². The van der Waals surface area contributed by atoms with Crippen LogP contribution in [0.5, 0.6) is 0 Å². The van der Waals surface area contributed by atoms with E-state index in [4.69, 9.17) is 4.98 Å². The van der Waals surface area contributed by atoms with Crippen molar-refractivity contribution in [2.24, 2.45) is 0 Å². The molecule has 0 radical (unpaired) electrons. The second-order valence-electron chi connectivity index (χ2n) is 10.3. The lowest BCUT2D eigenvalue weighted by atomic mass is 10.00. The van der Waals surface area contributed by atoms with Gasteiger partial charge in [0.05, 0.1) is 23.6 Å². The van der Waals surface area contributed by atoms with Gasteiger partial charge in [-0.3, -0.25) is 4.98 Å². The summed E-state index contributed by atoms with van der Waals surface area (Å²) in [4.78, 5) is 15.8. The van der Waals surface area contributed by atoms with E-state index in [2.05, 4.69) is 39.3 Å². The monoisotopic (exact) mass is 506 g/mol. The van der Waals surface area contributed by atoms with Crippen molar-refractivity contribution in [2.45, 2.75) is 64.8 Å². The SMILES string of the molecule is Cc1nc(-c2cccnc2C(C)C)c2n1CCN(c1ccc(-c3nc(C(F)(F)F)cn3C3CC3)cc1)C2. The molecule has 4 aromatic rings. The van der Waals surface area contributed by atoms with Crippen molar-refractivity contribution in [3.63, 3.8) is 0 Å². The summed E-state index contributed by atoms with van der Waals surface area (Å²) in [7, 11) is 0. The van der Waals surface area contributed by atoms with E-state index in [-0.39, 0.29) is 12.0 Å². The maximum atomic E-state index is 13.3. The van der Waals surface area contributed by atoms with Crippen LogP contribution in [-0.4, -0.2) is 30.6 Å². The molecule has 4 heterocycles. The predicted molar refractivity (Wildman–Crippen MR) is 136 cm³/mol. The number of benzene rings is 1. The Bertz CT molecular complexity index is 1440. The van der Waals surface area contributed by atoms with Gasteiger partial charge in [0, 0.05) is 48.3 Å². The number of alkyl halides is 3. The number of fused-ring (bicyclic) bond motifs is 1. The van der Waals surface area contributed by atoms with Crippen molar-refractivity contribution in [3.05, 3.63) is 71.7 Å². The summed E-state index contributed by atoms with van der Waals surface area (Å²) in [5.41, 5.74) is 5.12. The molecule has 0 unspecified atom stereocenters. The van der Waals surface area contributed by atoms with Crippen LogP contribution in [0.1, 0.15) is 61.6 Å². The number of aryl methyl sites for hydroxylation is 1. The Hall–Kier alpha value is -3.62. The molecular weight excluding hydrogens is 477 g/mol. The number of anilines is 1. The van der Waals surface area contributed by atoms with Crippen molar-refractivity contribution in [1.29, 1.82) is 0 Å². The molecule has 0 amide bonds. The first-order valence-corrected chi connectivity index (χ1v) is 12.7. The normalized spacial score (nSPS) is 15.9. The zero-order valence-corrected chi connectivity index (χ0v) is 21.1. The molecular formula is C28H29F3N6. The molecule has 192 valence electrons. The molecule has 1 aromatic carbocycles. The Morgan fingerprint density at radius 1 is 1.00 bits per heavy atom. The molecule has 6 rings (SSSR count). The molecule has 0 saturated heterocycles. The Balaban J connectivity index is 1.30. The molecule has 1 aliphatic heterocycles. The van der Waals surface area contributed by atoms with Gasteiger partial charge >= 0.3 is 6.18 Å². The van der Waals surface area contributed by atoms with Crippen molar-refractivity contribution in [2.75, 3.05) is 11.4 Å². The third-order valence-electron chi connectivity index (χ3n) is 7.29. The van der Waals surface area contributed by atoms with Crippen molar-refractivity contribution >= 4 is 5.69 Å². The van der Waals surface area contributed by atoms with E-state index in [1.807, 2.05) is 43.5 Å². The van der Waals surface area contributed by atoms with Crippen LogP contribution in [0.25, 0.3) is 22.6 Å². The Morgan fingerprint density at radius 2 is 1.76 bits per heavy atom. The number of hydrogen-bond donors (Lipinski definition) is 0. The average Bonchev–Trinajstić information content (AvgIpc) is 3.54. The number of hydrogen-bond acceptors (Lipinski definition) is 4. The molecule has 1 aliphatic carbocycles. The van der Waals surface area contributed by atoms with Gasteiger partial charge in [0.25, 0.3) is 0 Å². The van der Waals surface area contributed by atoms with Crippen molar-refractivity contribution in [3.8, 4) is 22.6 Å². The lowest BCUT2D eigenvalue weighted by Gasteiger charge is -2.31. The topological polar surface area (TPSA) is 51.8 Å². The van der Waals surface area contributed by atoms with E-state index in [1.54, 1.807) is 4.57 Å². The summed E-state index contributed by atoms with van der Waals surface area (Å²) in [6.45, 7) is 8.65. The Labute approximate surface area is 213 Å². The summed E-state index contributed by atoms with van der Waals surface area (Å²) in [5.74, 6) is 1.65. The number of imidazole rings is 2. The van der Waals surface area contributed by atoms with Crippen LogP contribution in [0, 0.1) is 6.92 Å². The van der Waals surface area contributed by atoms with Crippen LogP contribution in [0.2, 0.25) is 0 Å². The highest BCUT2D eigenvalue weighted by molar-refractivity contribution is 5.67. The number of rotatable bonds is 5. The first kappa shape index (κ1) is 23.8. The molecule has 0 bridgehead atoms. The van der Waals surface area contributed by atoms with Gasteiger partial charge in [-0.1, -0.05) is 13.8 Å². The van der Waals surface area contributed by atoms with Gasteiger partial charge in [0.15, 0.2) is 5.69 Å². The van der Waals surface area contributed by atoms with E-state index < -0.39 is 11.9 Å². The lowest BCUT2D eigenvalue weighted by Crippen LogP contribution is -2.34. The first-order valence-electron chi connectivity index (χ1n) is 12.7. The highest BCUT2D eigenvalue weighted by Crippen LogP contribution is 2.41. The predicted octanol–water partition coefficient (Wildman–Crippen LogP) is 6.61. The van der Waals surface area contributed by atoms with Gasteiger partial charge < -0.3 is 14.0 Å². The molecule has 37 heavy (non-hydrogen) atoms. The number of nitrogens with zero attached hydrogens (tertiary/aromatic N) is 6. The number of aromatic nitrogens is 5. The molecule has 3 aromatic heterocycles. The highest BCUT2D eigenvalue weighted by Gasteiger charge is 2.37. The first-order chi connectivity index (χ1) is 17.7. The molecule has 2 aliphatic rings. The van der Waals surface area contributed by atoms with E-state index in [0.29, 0.717) is 17.9 Å². The number of halogens is 3. The van der Waals surface area contributed by atoms with Gasteiger partial charge in [0.2, 0.25) is 0 Å². The van der Waals surface area contributed by atoms with Gasteiger partial charge in [0.1, 0.15) is 11.6 Å². The highest BCUT2D eigenvalue weighted by atomic mass is 19.4. The second kappa shape index (κ2) is 8.75. The zero-order valence-electron chi connectivity index (χ0n) is 21.1. The largest absolute Gasteiger partial charge is 0.434 e. The maximum absolute atomic E-state index is 13.3. The fourth-order valence-electron chi connectivity index (χ4n) is 5.26. The van der Waals surface area contributed by atoms with Crippen LogP contribution in [-0.2, 0) is 19.3 Å². The van der Waals surface area contributed by atoms with E-state index in [1.165, 1.54) is 0 Å². The Kier molecular flexibility index (Phi) is 5.62. The van der Waals surface area contributed by atoms with Crippen LogP contribution in [0.3, 0.4) is 0 Å². The third-order valence-corrected chi connectivity index (χ3v) is 7.29. The summed E-state index contributed by atoms with van der Waals surface area (Å²) < 4.78 is 44.0. The average molecular weight is 507 g/mol. The molecule has 0 N–H and O–H groups in total. The Morgan fingerprint density at radius 3 is 2.43 bits per heavy atom. The molecule has 1 fully saturated rings. The quantitative estimate of drug-likeness (QED) is 0.306. The molecule has 0 atom stereocenters. The summed E-state index contributed by atoms with van der Waals surface area (Å²) >= 11 is 0. The maximum Gasteiger partial charge on any atom is 0.434 e. The summed E-state index contributed by atoms with van der Waals surface area (Å²) in [6, 6.07) is 11.9. The van der Waals surface area contributed by atoms with Crippen molar-refractivity contribution in [1.82, 2.24) is 24.1 Å². The number of pyridine rings is 1. The van der Waals surface area contributed by atoms with Gasteiger partial charge in [-0.2, -0.15) is 13.2 Å².